The van der Waals surface area contributed by atoms with Gasteiger partial charge in [-0.3, -0.25) is 0 Å². The summed E-state index contributed by atoms with van der Waals surface area (Å²) in [6, 6.07) is 1.64. The summed E-state index contributed by atoms with van der Waals surface area (Å²) in [5, 5.41) is 8.32. The van der Waals surface area contributed by atoms with Gasteiger partial charge in [0, 0.05) is 0 Å². The summed E-state index contributed by atoms with van der Waals surface area (Å²) in [7, 11) is 0. The van der Waals surface area contributed by atoms with Crippen LogP contribution in [0.3, 0.4) is 0 Å². The van der Waals surface area contributed by atoms with E-state index < -0.39 is 11.6 Å². The second-order valence-corrected chi connectivity index (χ2v) is 3.09. The molecule has 0 aromatic rings. The fourth-order valence-electron chi connectivity index (χ4n) is 0.430. The molecule has 0 radical (unpaired) electrons. The molecule has 0 aliphatic heterocycles. The molecule has 0 aromatic carbocycles. The molecule has 0 unspecified atom stereocenters. The van der Waals surface area contributed by atoms with Crippen LogP contribution >= 0.6 is 0 Å². The van der Waals surface area contributed by atoms with E-state index >= 15 is 0 Å². The molecule has 0 atom stereocenters. The Morgan fingerprint density at radius 1 is 1.67 bits per heavy atom. The highest BCUT2D eigenvalue weighted by molar-refractivity contribution is 5.92. The van der Waals surface area contributed by atoms with Gasteiger partial charge in [0.15, 0.2) is 0 Å². The first-order chi connectivity index (χ1) is 5.43. The van der Waals surface area contributed by atoms with E-state index in [-0.39, 0.29) is 5.57 Å². The van der Waals surface area contributed by atoms with Gasteiger partial charge in [0.2, 0.25) is 0 Å². The van der Waals surface area contributed by atoms with Crippen LogP contribution in [0.15, 0.2) is 12.2 Å². The Labute approximate surface area is 72.6 Å². The van der Waals surface area contributed by atoms with Crippen molar-refractivity contribution in [2.24, 2.45) is 0 Å². The van der Waals surface area contributed by atoms with Gasteiger partial charge in [-0.2, -0.15) is 5.26 Å². The van der Waals surface area contributed by atoms with Crippen LogP contribution in [0.5, 0.6) is 0 Å². The average molecular weight is 167 g/mol. The van der Waals surface area contributed by atoms with Crippen LogP contribution in [0.2, 0.25) is 0 Å². The molecule has 3 nitrogen and oxygen atoms in total. The lowest BCUT2D eigenvalue weighted by Crippen LogP contribution is -2.27. The predicted octanol–water partition coefficient (Wildman–Crippen LogP) is 1.80. The third kappa shape index (κ3) is 3.20. The molecule has 0 saturated heterocycles. The van der Waals surface area contributed by atoms with E-state index in [4.69, 9.17) is 10.00 Å². The maximum Gasteiger partial charge on any atom is 0.348 e. The van der Waals surface area contributed by atoms with Crippen molar-refractivity contribution in [3.05, 3.63) is 12.2 Å². The molecule has 66 valence electrons. The van der Waals surface area contributed by atoms with Gasteiger partial charge < -0.3 is 4.74 Å². The van der Waals surface area contributed by atoms with Gasteiger partial charge in [-0.1, -0.05) is 13.5 Å². The molecule has 0 aliphatic rings. The standard InChI is InChI=1S/C9H13NO2/c1-5-9(3,4)12-8(11)7(2)6-10/h2,5H2,1,3-4H3. The molecule has 0 spiro atoms. The van der Waals surface area contributed by atoms with Crippen LogP contribution in [0, 0.1) is 11.3 Å². The van der Waals surface area contributed by atoms with Gasteiger partial charge in [-0.25, -0.2) is 4.79 Å². The number of carbonyl (C=O) groups excluding carboxylic acids is 1. The van der Waals surface area contributed by atoms with Crippen molar-refractivity contribution < 1.29 is 9.53 Å². The zero-order valence-corrected chi connectivity index (χ0v) is 7.68. The summed E-state index contributed by atoms with van der Waals surface area (Å²) >= 11 is 0. The maximum absolute atomic E-state index is 11.0. The van der Waals surface area contributed by atoms with Crippen LogP contribution in [0.25, 0.3) is 0 Å². The normalized spacial score (nSPS) is 10.2. The van der Waals surface area contributed by atoms with Crippen molar-refractivity contribution in [1.29, 1.82) is 5.26 Å². The zero-order valence-electron chi connectivity index (χ0n) is 7.68. The highest BCUT2D eigenvalue weighted by Gasteiger charge is 2.21. The van der Waals surface area contributed by atoms with E-state index in [2.05, 4.69) is 6.58 Å². The van der Waals surface area contributed by atoms with Crippen LogP contribution < -0.4 is 0 Å². The molecule has 0 saturated carbocycles. The fraction of sp³-hybridized carbons (Fsp3) is 0.556. The Morgan fingerprint density at radius 3 is 2.50 bits per heavy atom. The van der Waals surface area contributed by atoms with Crippen LogP contribution in [-0.2, 0) is 9.53 Å². The number of nitriles is 1. The molecule has 0 bridgehead atoms. The number of esters is 1. The van der Waals surface area contributed by atoms with Crippen LogP contribution in [-0.4, -0.2) is 11.6 Å². The predicted molar refractivity (Wildman–Crippen MR) is 45.2 cm³/mol. The number of rotatable bonds is 3. The highest BCUT2D eigenvalue weighted by atomic mass is 16.6. The Kier molecular flexibility index (Phi) is 3.49. The number of nitrogens with zero attached hydrogens (tertiary/aromatic N) is 1. The van der Waals surface area contributed by atoms with E-state index in [1.807, 2.05) is 6.92 Å². The van der Waals surface area contributed by atoms with Gasteiger partial charge in [-0.15, -0.1) is 0 Å². The first kappa shape index (κ1) is 10.7. The lowest BCUT2D eigenvalue weighted by Gasteiger charge is -2.22. The second-order valence-electron chi connectivity index (χ2n) is 3.09. The summed E-state index contributed by atoms with van der Waals surface area (Å²) in [5.74, 6) is -0.635. The van der Waals surface area contributed by atoms with Crippen molar-refractivity contribution in [1.82, 2.24) is 0 Å². The molecule has 3 heteroatoms. The Balaban J connectivity index is 4.21. The molecule has 0 aromatic heterocycles. The number of hydrogen-bond acceptors (Lipinski definition) is 3. The van der Waals surface area contributed by atoms with Crippen LogP contribution in [0.1, 0.15) is 27.2 Å². The van der Waals surface area contributed by atoms with Gasteiger partial charge in [0.05, 0.1) is 0 Å². The lowest BCUT2D eigenvalue weighted by atomic mass is 10.1. The Hall–Kier alpha value is -1.30. The van der Waals surface area contributed by atoms with E-state index in [1.165, 1.54) is 0 Å². The molecule has 0 rings (SSSR count). The van der Waals surface area contributed by atoms with Crippen molar-refractivity contribution >= 4 is 5.97 Å². The maximum atomic E-state index is 11.0. The third-order valence-corrected chi connectivity index (χ3v) is 1.60. The number of carbonyl (C=O) groups is 1. The molecule has 0 N–H and O–H groups in total. The summed E-state index contributed by atoms with van der Waals surface area (Å²) < 4.78 is 4.98. The lowest BCUT2D eigenvalue weighted by molar-refractivity contribution is -0.151. The van der Waals surface area contributed by atoms with Crippen molar-refractivity contribution in [2.75, 3.05) is 0 Å². The molecule has 0 heterocycles. The third-order valence-electron chi connectivity index (χ3n) is 1.60. The first-order valence-corrected chi connectivity index (χ1v) is 3.75. The summed E-state index contributed by atoms with van der Waals surface area (Å²) in [4.78, 5) is 11.0. The minimum atomic E-state index is -0.635. The highest BCUT2D eigenvalue weighted by Crippen LogP contribution is 2.15. The monoisotopic (exact) mass is 167 g/mol. The smallest absolute Gasteiger partial charge is 0.348 e. The average Bonchev–Trinajstić information content (AvgIpc) is 2.02. The van der Waals surface area contributed by atoms with Gasteiger partial charge in [0.1, 0.15) is 17.2 Å². The largest absolute Gasteiger partial charge is 0.456 e. The zero-order chi connectivity index (χ0) is 9.78. The van der Waals surface area contributed by atoms with E-state index in [1.54, 1.807) is 19.9 Å². The SMILES string of the molecule is C=C(C#N)C(=O)OC(C)(C)CC. The molecule has 0 fully saturated rings. The van der Waals surface area contributed by atoms with Gasteiger partial charge >= 0.3 is 5.97 Å². The summed E-state index contributed by atoms with van der Waals surface area (Å²) in [6.45, 7) is 8.74. The minimum absolute atomic E-state index is 0.156. The van der Waals surface area contributed by atoms with Crippen molar-refractivity contribution in [2.45, 2.75) is 32.8 Å². The topological polar surface area (TPSA) is 50.1 Å². The first-order valence-electron chi connectivity index (χ1n) is 3.75. The molecule has 0 aliphatic carbocycles. The molecule has 0 amide bonds. The molecule has 12 heavy (non-hydrogen) atoms. The van der Waals surface area contributed by atoms with Crippen LogP contribution in [0.4, 0.5) is 0 Å². The number of ether oxygens (including phenoxy) is 1. The van der Waals surface area contributed by atoms with Gasteiger partial charge in [0.25, 0.3) is 0 Å². The van der Waals surface area contributed by atoms with E-state index in [0.29, 0.717) is 6.42 Å². The molecular formula is C9H13NO2. The summed E-state index contributed by atoms with van der Waals surface area (Å²) in [5.41, 5.74) is -0.673. The number of hydrogen-bond donors (Lipinski definition) is 0. The van der Waals surface area contributed by atoms with Crippen molar-refractivity contribution in [3.63, 3.8) is 0 Å². The van der Waals surface area contributed by atoms with E-state index in [0.717, 1.165) is 0 Å². The Bertz CT molecular complexity index is 235. The minimum Gasteiger partial charge on any atom is -0.456 e. The quantitative estimate of drug-likeness (QED) is 0.366. The molecular weight excluding hydrogens is 154 g/mol. The van der Waals surface area contributed by atoms with Crippen molar-refractivity contribution in [3.8, 4) is 6.07 Å². The van der Waals surface area contributed by atoms with E-state index in [9.17, 15) is 4.79 Å². The summed E-state index contributed by atoms with van der Waals surface area (Å²) in [6.07, 6.45) is 0.706. The van der Waals surface area contributed by atoms with Gasteiger partial charge in [-0.05, 0) is 20.3 Å². The Morgan fingerprint density at radius 2 is 2.17 bits per heavy atom. The fourth-order valence-corrected chi connectivity index (χ4v) is 0.430. The second kappa shape index (κ2) is 3.91.